The fraction of sp³-hybridized carbons (Fsp3) is 0.333. The van der Waals surface area contributed by atoms with Gasteiger partial charge in [0.1, 0.15) is 23.4 Å². The Kier molecular flexibility index (Phi) is 5.71. The summed E-state index contributed by atoms with van der Waals surface area (Å²) >= 11 is 0. The molecule has 2 aromatic carbocycles. The van der Waals surface area contributed by atoms with Gasteiger partial charge in [0.25, 0.3) is 5.91 Å². The van der Waals surface area contributed by atoms with E-state index in [1.807, 2.05) is 6.07 Å². The number of carbonyl (C=O) groups is 1. The van der Waals surface area contributed by atoms with Gasteiger partial charge in [-0.1, -0.05) is 0 Å². The van der Waals surface area contributed by atoms with Crippen molar-refractivity contribution in [3.05, 3.63) is 53.1 Å². The van der Waals surface area contributed by atoms with Gasteiger partial charge in [-0.05, 0) is 43.3 Å². The fourth-order valence-corrected chi connectivity index (χ4v) is 3.36. The van der Waals surface area contributed by atoms with Gasteiger partial charge in [-0.25, -0.2) is 0 Å². The number of hydrogen-bond acceptors (Lipinski definition) is 6. The number of aliphatic hydroxyl groups excluding tert-OH is 1. The van der Waals surface area contributed by atoms with E-state index in [9.17, 15) is 9.90 Å². The topological polar surface area (TPSA) is 92.0 Å². The smallest absolute Gasteiger partial charge is 0.263 e. The highest BCUT2D eigenvalue weighted by Gasteiger charge is 2.34. The monoisotopic (exact) mass is 382 g/mol. The molecule has 2 aromatic rings. The molecule has 0 saturated heterocycles. The lowest BCUT2D eigenvalue weighted by Crippen LogP contribution is -2.44. The average molecular weight is 382 g/mol. The minimum atomic E-state index is -0.889. The summed E-state index contributed by atoms with van der Waals surface area (Å²) in [4.78, 5) is 14.4. The van der Waals surface area contributed by atoms with Crippen LogP contribution in [0.3, 0.4) is 0 Å². The van der Waals surface area contributed by atoms with Crippen molar-refractivity contribution >= 4 is 5.91 Å². The molecule has 1 heterocycles. The molecular formula is C21H22N2O5. The maximum Gasteiger partial charge on any atom is 0.263 e. The lowest BCUT2D eigenvalue weighted by molar-refractivity contribution is -0.140. The van der Waals surface area contributed by atoms with E-state index >= 15 is 0 Å². The number of aliphatic hydroxyl groups is 1. The summed E-state index contributed by atoms with van der Waals surface area (Å²) in [6.07, 6.45) is -1.64. The number of nitriles is 1. The van der Waals surface area contributed by atoms with Gasteiger partial charge in [0.05, 0.1) is 38.9 Å². The Morgan fingerprint density at radius 2 is 1.82 bits per heavy atom. The molecule has 0 fully saturated rings. The maximum absolute atomic E-state index is 12.9. The molecule has 7 nitrogen and oxygen atoms in total. The summed E-state index contributed by atoms with van der Waals surface area (Å²) < 4.78 is 16.5. The molecule has 0 spiro atoms. The van der Waals surface area contributed by atoms with Crippen molar-refractivity contribution < 1.29 is 24.1 Å². The highest BCUT2D eigenvalue weighted by molar-refractivity contribution is 5.81. The van der Waals surface area contributed by atoms with Crippen molar-refractivity contribution in [1.29, 1.82) is 5.26 Å². The number of fused-ring (bicyclic) bond motifs is 1. The summed E-state index contributed by atoms with van der Waals surface area (Å²) in [7, 11) is 3.09. The molecule has 0 aliphatic carbocycles. The molecule has 3 rings (SSSR count). The Morgan fingerprint density at radius 3 is 2.43 bits per heavy atom. The first-order valence-electron chi connectivity index (χ1n) is 8.86. The second-order valence-corrected chi connectivity index (χ2v) is 6.49. The van der Waals surface area contributed by atoms with E-state index in [2.05, 4.69) is 0 Å². The largest absolute Gasteiger partial charge is 0.496 e. The third-order valence-corrected chi connectivity index (χ3v) is 4.75. The van der Waals surface area contributed by atoms with Crippen molar-refractivity contribution in [3.8, 4) is 23.3 Å². The SMILES string of the molecule is COc1ccc(OC)c2c1CN(C(=O)[C@H](C)Oc1ccc(C#N)cc1)C[C@H]2O. The van der Waals surface area contributed by atoms with Gasteiger partial charge >= 0.3 is 0 Å². The van der Waals surface area contributed by atoms with Gasteiger partial charge in [0, 0.05) is 11.1 Å². The number of rotatable bonds is 5. The van der Waals surface area contributed by atoms with E-state index in [0.29, 0.717) is 28.4 Å². The van der Waals surface area contributed by atoms with Crippen LogP contribution >= 0.6 is 0 Å². The first-order chi connectivity index (χ1) is 13.5. The zero-order valence-electron chi connectivity index (χ0n) is 16.0. The van der Waals surface area contributed by atoms with Gasteiger partial charge < -0.3 is 24.2 Å². The third-order valence-electron chi connectivity index (χ3n) is 4.75. The summed E-state index contributed by atoms with van der Waals surface area (Å²) in [5.74, 6) is 1.40. The lowest BCUT2D eigenvalue weighted by Gasteiger charge is -2.35. The van der Waals surface area contributed by atoms with Gasteiger partial charge in [-0.15, -0.1) is 0 Å². The van der Waals surface area contributed by atoms with Crippen LogP contribution in [0.4, 0.5) is 0 Å². The molecule has 28 heavy (non-hydrogen) atoms. The maximum atomic E-state index is 12.9. The van der Waals surface area contributed by atoms with E-state index in [1.165, 1.54) is 0 Å². The lowest BCUT2D eigenvalue weighted by atomic mass is 9.95. The Labute approximate surface area is 163 Å². The van der Waals surface area contributed by atoms with Gasteiger partial charge in [0.2, 0.25) is 0 Å². The van der Waals surface area contributed by atoms with Crippen LogP contribution in [0.5, 0.6) is 17.2 Å². The van der Waals surface area contributed by atoms with Crippen LogP contribution in [0.2, 0.25) is 0 Å². The van der Waals surface area contributed by atoms with Crippen LogP contribution in [0.1, 0.15) is 29.7 Å². The molecule has 7 heteroatoms. The van der Waals surface area contributed by atoms with E-state index in [1.54, 1.807) is 62.4 Å². The predicted octanol–water partition coefficient (Wildman–Crippen LogP) is 2.42. The molecule has 1 amide bonds. The Morgan fingerprint density at radius 1 is 1.18 bits per heavy atom. The van der Waals surface area contributed by atoms with Crippen molar-refractivity contribution in [1.82, 2.24) is 4.90 Å². The summed E-state index contributed by atoms with van der Waals surface area (Å²) in [5, 5.41) is 19.5. The third kappa shape index (κ3) is 3.73. The zero-order chi connectivity index (χ0) is 20.3. The zero-order valence-corrected chi connectivity index (χ0v) is 16.0. The number of β-amino-alcohol motifs (C(OH)–C–C–N with tert-alkyl or cyclic N) is 1. The van der Waals surface area contributed by atoms with E-state index in [-0.39, 0.29) is 19.0 Å². The predicted molar refractivity (Wildman–Crippen MR) is 101 cm³/mol. The minimum Gasteiger partial charge on any atom is -0.496 e. The van der Waals surface area contributed by atoms with Gasteiger partial charge in [0.15, 0.2) is 6.10 Å². The molecule has 0 saturated carbocycles. The second kappa shape index (κ2) is 8.19. The van der Waals surface area contributed by atoms with Crippen molar-refractivity contribution in [2.45, 2.75) is 25.7 Å². The first kappa shape index (κ1) is 19.5. The average Bonchev–Trinajstić information content (AvgIpc) is 2.72. The highest BCUT2D eigenvalue weighted by atomic mass is 16.5. The number of amides is 1. The molecule has 1 aliphatic rings. The molecule has 0 radical (unpaired) electrons. The standard InChI is InChI=1S/C21H22N2O5/c1-13(28-15-6-4-14(10-22)5-7-15)21(25)23-11-16-18(26-2)8-9-19(27-3)20(16)17(24)12-23/h4-9,13,17,24H,11-12H2,1-3H3/t13-,17+/m0/s1. The molecule has 2 atom stereocenters. The number of nitrogens with zero attached hydrogens (tertiary/aromatic N) is 2. The van der Waals surface area contributed by atoms with E-state index < -0.39 is 12.2 Å². The fourth-order valence-electron chi connectivity index (χ4n) is 3.36. The van der Waals surface area contributed by atoms with Crippen LogP contribution in [0.25, 0.3) is 0 Å². The quantitative estimate of drug-likeness (QED) is 0.854. The minimum absolute atomic E-state index is 0.135. The van der Waals surface area contributed by atoms with Gasteiger partial charge in [-0.2, -0.15) is 5.26 Å². The summed E-state index contributed by atoms with van der Waals surface area (Å²) in [6, 6.07) is 12.1. The number of methoxy groups -OCH3 is 2. The van der Waals surface area contributed by atoms with Crippen molar-refractivity contribution in [2.24, 2.45) is 0 Å². The molecule has 1 N–H and O–H groups in total. The van der Waals surface area contributed by atoms with Crippen LogP contribution in [-0.2, 0) is 11.3 Å². The Balaban J connectivity index is 1.79. The summed E-state index contributed by atoms with van der Waals surface area (Å²) in [6.45, 7) is 2.08. The highest BCUT2D eigenvalue weighted by Crippen LogP contribution is 2.39. The molecule has 0 unspecified atom stereocenters. The molecule has 146 valence electrons. The number of benzene rings is 2. The first-order valence-corrected chi connectivity index (χ1v) is 8.86. The van der Waals surface area contributed by atoms with Crippen LogP contribution in [-0.4, -0.2) is 42.8 Å². The van der Waals surface area contributed by atoms with Crippen LogP contribution in [0.15, 0.2) is 36.4 Å². The number of ether oxygens (including phenoxy) is 3. The van der Waals surface area contributed by atoms with Crippen molar-refractivity contribution in [2.75, 3.05) is 20.8 Å². The van der Waals surface area contributed by atoms with E-state index in [4.69, 9.17) is 19.5 Å². The Hall–Kier alpha value is -3.24. The van der Waals surface area contributed by atoms with Crippen LogP contribution in [0, 0.1) is 11.3 Å². The molecular weight excluding hydrogens is 360 g/mol. The van der Waals surface area contributed by atoms with Crippen LogP contribution < -0.4 is 14.2 Å². The number of hydrogen-bond donors (Lipinski definition) is 1. The van der Waals surface area contributed by atoms with Gasteiger partial charge in [-0.3, -0.25) is 4.79 Å². The summed E-state index contributed by atoms with van der Waals surface area (Å²) in [5.41, 5.74) is 1.88. The Bertz CT molecular complexity index is 904. The van der Waals surface area contributed by atoms with E-state index in [0.717, 1.165) is 5.56 Å². The van der Waals surface area contributed by atoms with Crippen molar-refractivity contribution in [3.63, 3.8) is 0 Å². The normalized spacial score (nSPS) is 16.5. The second-order valence-electron chi connectivity index (χ2n) is 6.49. The number of carbonyl (C=O) groups excluding carboxylic acids is 1. The molecule has 1 aliphatic heterocycles. The molecule has 0 aromatic heterocycles. The molecule has 0 bridgehead atoms.